The zero-order valence-electron chi connectivity index (χ0n) is 13.2. The Balaban J connectivity index is 2.00. The maximum atomic E-state index is 12.6. The van der Waals surface area contributed by atoms with Crippen LogP contribution in [0.1, 0.15) is 32.6 Å². The van der Waals surface area contributed by atoms with Gasteiger partial charge in [-0.2, -0.15) is 0 Å². The highest BCUT2D eigenvalue weighted by Crippen LogP contribution is 2.32. The molecule has 1 N–H and O–H groups in total. The van der Waals surface area contributed by atoms with E-state index in [0.717, 1.165) is 12.8 Å². The Morgan fingerprint density at radius 3 is 2.59 bits per heavy atom. The second kappa shape index (κ2) is 5.08. The molecule has 0 spiro atoms. The minimum absolute atomic E-state index is 0.247. The summed E-state index contributed by atoms with van der Waals surface area (Å²) in [6, 6.07) is 0. The van der Waals surface area contributed by atoms with E-state index in [4.69, 9.17) is 0 Å². The van der Waals surface area contributed by atoms with Gasteiger partial charge in [0.25, 0.3) is 5.56 Å². The smallest absolute Gasteiger partial charge is 0.332 e. The number of nitrogens with zero attached hydrogens (tertiary/aromatic N) is 4. The van der Waals surface area contributed by atoms with Crippen molar-refractivity contribution in [1.29, 1.82) is 0 Å². The molecule has 7 heteroatoms. The van der Waals surface area contributed by atoms with Crippen LogP contribution >= 0.6 is 0 Å². The molecule has 1 saturated carbocycles. The summed E-state index contributed by atoms with van der Waals surface area (Å²) in [5.41, 5.74) is -0.354. The van der Waals surface area contributed by atoms with E-state index in [-0.39, 0.29) is 17.2 Å². The van der Waals surface area contributed by atoms with Crippen LogP contribution < -0.4 is 11.2 Å². The molecule has 0 saturated heterocycles. The van der Waals surface area contributed by atoms with Gasteiger partial charge in [0, 0.05) is 20.6 Å². The van der Waals surface area contributed by atoms with Crippen molar-refractivity contribution in [2.45, 2.75) is 44.8 Å². The molecule has 7 nitrogen and oxygen atoms in total. The number of fused-ring (bicyclic) bond motifs is 1. The summed E-state index contributed by atoms with van der Waals surface area (Å²) >= 11 is 0. The molecule has 3 rings (SSSR count). The molecule has 22 heavy (non-hydrogen) atoms. The largest absolute Gasteiger partial charge is 0.390 e. The molecule has 1 aliphatic rings. The standard InChI is InChI=1S/C15H22N4O3/c1-15(22)6-4-10(5-7-15)8-19-13(20)11-12(16-9-17(11)2)18(3)14(19)21/h9-10,22H,4-8H2,1-3H3. The lowest BCUT2D eigenvalue weighted by Gasteiger charge is -2.33. The van der Waals surface area contributed by atoms with Crippen LogP contribution in [0.4, 0.5) is 0 Å². The van der Waals surface area contributed by atoms with Gasteiger partial charge in [0.15, 0.2) is 11.2 Å². The van der Waals surface area contributed by atoms with Crippen molar-refractivity contribution in [3.05, 3.63) is 27.2 Å². The minimum Gasteiger partial charge on any atom is -0.390 e. The minimum atomic E-state index is -0.613. The molecule has 2 aromatic rings. The van der Waals surface area contributed by atoms with E-state index >= 15 is 0 Å². The third-order valence-corrected chi connectivity index (χ3v) is 4.82. The van der Waals surface area contributed by atoms with Crippen LogP contribution in [0.25, 0.3) is 11.2 Å². The maximum absolute atomic E-state index is 12.6. The number of imidazole rings is 1. The van der Waals surface area contributed by atoms with Crippen molar-refractivity contribution < 1.29 is 5.11 Å². The number of rotatable bonds is 2. The van der Waals surface area contributed by atoms with Crippen molar-refractivity contribution in [2.75, 3.05) is 0 Å². The van der Waals surface area contributed by atoms with Crippen molar-refractivity contribution in [1.82, 2.24) is 18.7 Å². The van der Waals surface area contributed by atoms with Gasteiger partial charge in [0.2, 0.25) is 0 Å². The molecule has 1 fully saturated rings. The quantitative estimate of drug-likeness (QED) is 0.869. The summed E-state index contributed by atoms with van der Waals surface area (Å²) in [5, 5.41) is 10.0. The molecule has 0 radical (unpaired) electrons. The average molecular weight is 306 g/mol. The molecule has 0 amide bonds. The van der Waals surface area contributed by atoms with Crippen LogP contribution in [0, 0.1) is 5.92 Å². The Hall–Kier alpha value is -1.89. The lowest BCUT2D eigenvalue weighted by Crippen LogP contribution is -2.42. The van der Waals surface area contributed by atoms with E-state index in [1.165, 1.54) is 9.13 Å². The summed E-state index contributed by atoms with van der Waals surface area (Å²) < 4.78 is 4.39. The molecule has 0 bridgehead atoms. The van der Waals surface area contributed by atoms with Crippen LogP contribution in [0.15, 0.2) is 15.9 Å². The second-order valence-corrected chi connectivity index (χ2v) is 6.73. The Morgan fingerprint density at radius 1 is 1.32 bits per heavy atom. The normalized spacial score (nSPS) is 25.7. The zero-order valence-corrected chi connectivity index (χ0v) is 13.2. The van der Waals surface area contributed by atoms with Gasteiger partial charge in [-0.1, -0.05) is 0 Å². The maximum Gasteiger partial charge on any atom is 0.332 e. The first-order valence-corrected chi connectivity index (χ1v) is 7.63. The lowest BCUT2D eigenvalue weighted by atomic mass is 9.80. The summed E-state index contributed by atoms with van der Waals surface area (Å²) in [5.74, 6) is 0.247. The van der Waals surface area contributed by atoms with Crippen LogP contribution in [-0.2, 0) is 20.6 Å². The summed E-state index contributed by atoms with van der Waals surface area (Å²) in [7, 11) is 3.39. The van der Waals surface area contributed by atoms with Crippen LogP contribution in [-0.4, -0.2) is 29.4 Å². The van der Waals surface area contributed by atoms with Crippen LogP contribution in [0.2, 0.25) is 0 Å². The third-order valence-electron chi connectivity index (χ3n) is 4.82. The Kier molecular flexibility index (Phi) is 3.47. The molecule has 0 unspecified atom stereocenters. The molecule has 120 valence electrons. The molecule has 0 aliphatic heterocycles. The van der Waals surface area contributed by atoms with Gasteiger partial charge < -0.3 is 9.67 Å². The highest BCUT2D eigenvalue weighted by Gasteiger charge is 2.29. The highest BCUT2D eigenvalue weighted by molar-refractivity contribution is 5.69. The first kappa shape index (κ1) is 15.0. The van der Waals surface area contributed by atoms with E-state index in [1.807, 2.05) is 6.92 Å². The number of aromatic nitrogens is 4. The van der Waals surface area contributed by atoms with Gasteiger partial charge in [-0.3, -0.25) is 13.9 Å². The van der Waals surface area contributed by atoms with Gasteiger partial charge in [0.05, 0.1) is 11.9 Å². The molecular weight excluding hydrogens is 284 g/mol. The Morgan fingerprint density at radius 2 is 1.95 bits per heavy atom. The van der Waals surface area contributed by atoms with Gasteiger partial charge in [-0.05, 0) is 38.5 Å². The predicted octanol–water partition coefficient (Wildman–Crippen LogP) is 0.375. The van der Waals surface area contributed by atoms with E-state index in [0.29, 0.717) is 30.6 Å². The van der Waals surface area contributed by atoms with Gasteiger partial charge >= 0.3 is 5.69 Å². The van der Waals surface area contributed by atoms with E-state index in [1.54, 1.807) is 25.0 Å². The van der Waals surface area contributed by atoms with E-state index in [9.17, 15) is 14.7 Å². The average Bonchev–Trinajstić information content (AvgIpc) is 2.85. The molecule has 2 aromatic heterocycles. The molecule has 2 heterocycles. The fraction of sp³-hybridized carbons (Fsp3) is 0.667. The fourth-order valence-corrected chi connectivity index (χ4v) is 3.30. The predicted molar refractivity (Wildman–Crippen MR) is 82.8 cm³/mol. The van der Waals surface area contributed by atoms with Crippen molar-refractivity contribution in [2.24, 2.45) is 20.0 Å². The number of hydrogen-bond acceptors (Lipinski definition) is 4. The van der Waals surface area contributed by atoms with Crippen LogP contribution in [0.5, 0.6) is 0 Å². The lowest BCUT2D eigenvalue weighted by molar-refractivity contribution is 0.00550. The van der Waals surface area contributed by atoms with Crippen molar-refractivity contribution >= 4 is 11.2 Å². The highest BCUT2D eigenvalue weighted by atomic mass is 16.3. The SMILES string of the molecule is Cn1cnc2c1c(=O)n(CC1CCC(C)(O)CC1)c(=O)n2C. The fourth-order valence-electron chi connectivity index (χ4n) is 3.30. The van der Waals surface area contributed by atoms with Gasteiger partial charge in [-0.25, -0.2) is 9.78 Å². The molecule has 0 aromatic carbocycles. The molecule has 1 aliphatic carbocycles. The van der Waals surface area contributed by atoms with Crippen molar-refractivity contribution in [3.63, 3.8) is 0 Å². The number of aliphatic hydroxyl groups is 1. The zero-order chi connectivity index (χ0) is 16.1. The summed E-state index contributed by atoms with van der Waals surface area (Å²) in [6.45, 7) is 2.25. The van der Waals surface area contributed by atoms with Crippen molar-refractivity contribution in [3.8, 4) is 0 Å². The number of aryl methyl sites for hydroxylation is 2. The Bertz CT molecular complexity index is 818. The van der Waals surface area contributed by atoms with E-state index < -0.39 is 5.60 Å². The van der Waals surface area contributed by atoms with Crippen LogP contribution in [0.3, 0.4) is 0 Å². The van der Waals surface area contributed by atoms with E-state index in [2.05, 4.69) is 4.98 Å². The number of hydrogen-bond donors (Lipinski definition) is 1. The Labute approximate surface area is 127 Å². The second-order valence-electron chi connectivity index (χ2n) is 6.73. The topological polar surface area (TPSA) is 82.1 Å². The molecule has 0 atom stereocenters. The molecular formula is C15H22N4O3. The first-order valence-electron chi connectivity index (χ1n) is 7.63. The first-order chi connectivity index (χ1) is 10.3. The van der Waals surface area contributed by atoms with Gasteiger partial charge in [0.1, 0.15) is 0 Å². The van der Waals surface area contributed by atoms with Gasteiger partial charge in [-0.15, -0.1) is 0 Å². The summed E-state index contributed by atoms with van der Waals surface area (Å²) in [4.78, 5) is 29.2. The third kappa shape index (κ3) is 2.39. The summed E-state index contributed by atoms with van der Waals surface area (Å²) in [6.07, 6.45) is 4.62. The monoisotopic (exact) mass is 306 g/mol.